The zero-order valence-electron chi connectivity index (χ0n) is 17.5. The number of ether oxygens (including phenoxy) is 3. The van der Waals surface area contributed by atoms with E-state index < -0.39 is 28.1 Å². The molecular weight excluding hydrogens is 424 g/mol. The van der Waals surface area contributed by atoms with Crippen LogP contribution in [-0.4, -0.2) is 62.5 Å². The Kier molecular flexibility index (Phi) is 6.38. The van der Waals surface area contributed by atoms with Gasteiger partial charge in [0.05, 0.1) is 4.90 Å². The highest BCUT2D eigenvalue weighted by Crippen LogP contribution is 2.35. The summed E-state index contributed by atoms with van der Waals surface area (Å²) in [4.78, 5) is 25.1. The largest absolute Gasteiger partial charge is 0.486 e. The Morgan fingerprint density at radius 2 is 1.81 bits per heavy atom. The van der Waals surface area contributed by atoms with Crippen molar-refractivity contribution in [2.45, 2.75) is 68.5 Å². The van der Waals surface area contributed by atoms with Crippen LogP contribution < -0.4 is 14.8 Å². The van der Waals surface area contributed by atoms with Crippen LogP contribution in [0.2, 0.25) is 0 Å². The Labute approximate surface area is 182 Å². The number of carbonyl (C=O) groups excluding carboxylic acids is 2. The first-order valence-electron chi connectivity index (χ1n) is 10.8. The standard InChI is InChI=1S/C21H28N2O7S/c1-14(20(24)22-15-5-2-3-6-15)30-21(25)17-7-4-10-23(17)31(26,27)16-8-9-18-19(13-16)29-12-11-28-18/h8-9,13-15,17H,2-7,10-12H2,1H3,(H,22,24)/t14-,17+/m1/s1. The van der Waals surface area contributed by atoms with Crippen LogP contribution in [0.5, 0.6) is 11.5 Å². The molecule has 1 aliphatic carbocycles. The fourth-order valence-electron chi connectivity index (χ4n) is 4.28. The van der Waals surface area contributed by atoms with Gasteiger partial charge >= 0.3 is 5.97 Å². The van der Waals surface area contributed by atoms with Crippen LogP contribution in [0, 0.1) is 0 Å². The molecule has 0 spiro atoms. The summed E-state index contributed by atoms with van der Waals surface area (Å²) in [5.74, 6) is -0.195. The van der Waals surface area contributed by atoms with Gasteiger partial charge in [0.15, 0.2) is 17.6 Å². The minimum absolute atomic E-state index is 0.0310. The lowest BCUT2D eigenvalue weighted by atomic mass is 10.2. The highest BCUT2D eigenvalue weighted by molar-refractivity contribution is 7.89. The van der Waals surface area contributed by atoms with Crippen molar-refractivity contribution in [3.63, 3.8) is 0 Å². The number of benzene rings is 1. The molecule has 2 heterocycles. The van der Waals surface area contributed by atoms with E-state index in [0.717, 1.165) is 30.0 Å². The number of carbonyl (C=O) groups is 2. The number of sulfonamides is 1. The van der Waals surface area contributed by atoms with Gasteiger partial charge < -0.3 is 19.5 Å². The highest BCUT2D eigenvalue weighted by Gasteiger charge is 2.41. The summed E-state index contributed by atoms with van der Waals surface area (Å²) in [7, 11) is -3.94. The first-order chi connectivity index (χ1) is 14.9. The van der Waals surface area contributed by atoms with Crippen LogP contribution >= 0.6 is 0 Å². The van der Waals surface area contributed by atoms with Crippen LogP contribution in [0.3, 0.4) is 0 Å². The van der Waals surface area contributed by atoms with Gasteiger partial charge in [-0.2, -0.15) is 4.31 Å². The molecule has 10 heteroatoms. The van der Waals surface area contributed by atoms with Gasteiger partial charge in [-0.3, -0.25) is 9.59 Å². The van der Waals surface area contributed by atoms with E-state index in [4.69, 9.17) is 14.2 Å². The minimum Gasteiger partial charge on any atom is -0.486 e. The first-order valence-corrected chi connectivity index (χ1v) is 12.2. The molecule has 4 rings (SSSR count). The van der Waals surface area contributed by atoms with Gasteiger partial charge in [0, 0.05) is 18.7 Å². The molecule has 0 radical (unpaired) electrons. The van der Waals surface area contributed by atoms with Crippen molar-refractivity contribution in [3.8, 4) is 11.5 Å². The molecular formula is C21H28N2O7S. The van der Waals surface area contributed by atoms with E-state index in [1.807, 2.05) is 0 Å². The van der Waals surface area contributed by atoms with Gasteiger partial charge in [-0.15, -0.1) is 0 Å². The second-order valence-electron chi connectivity index (χ2n) is 8.15. The van der Waals surface area contributed by atoms with Crippen molar-refractivity contribution in [1.29, 1.82) is 0 Å². The van der Waals surface area contributed by atoms with Crippen molar-refractivity contribution in [2.24, 2.45) is 0 Å². The molecule has 2 atom stereocenters. The SMILES string of the molecule is C[C@@H](OC(=O)[C@@H]1CCCN1S(=O)(=O)c1ccc2c(c1)OCCO2)C(=O)NC1CCCC1. The number of amides is 1. The number of hydrogen-bond acceptors (Lipinski definition) is 7. The summed E-state index contributed by atoms with van der Waals surface area (Å²) in [6.07, 6.45) is 3.91. The molecule has 2 aliphatic heterocycles. The van der Waals surface area contributed by atoms with Crippen LogP contribution in [0.15, 0.2) is 23.1 Å². The highest BCUT2D eigenvalue weighted by atomic mass is 32.2. The molecule has 0 bridgehead atoms. The molecule has 1 aromatic carbocycles. The molecule has 2 fully saturated rings. The lowest BCUT2D eigenvalue weighted by molar-refractivity contribution is -0.158. The summed E-state index contributed by atoms with van der Waals surface area (Å²) in [6, 6.07) is 3.58. The number of rotatable bonds is 6. The number of nitrogens with one attached hydrogen (secondary N) is 1. The van der Waals surface area contributed by atoms with Gasteiger partial charge in [-0.05, 0) is 44.7 Å². The number of nitrogens with zero attached hydrogens (tertiary/aromatic N) is 1. The number of fused-ring (bicyclic) bond motifs is 1. The maximum Gasteiger partial charge on any atom is 0.325 e. The maximum atomic E-state index is 13.2. The van der Waals surface area contributed by atoms with Gasteiger partial charge in [-0.1, -0.05) is 12.8 Å². The van der Waals surface area contributed by atoms with E-state index in [1.165, 1.54) is 19.1 Å². The zero-order chi connectivity index (χ0) is 22.0. The quantitative estimate of drug-likeness (QED) is 0.653. The van der Waals surface area contributed by atoms with Crippen molar-refractivity contribution >= 4 is 21.9 Å². The van der Waals surface area contributed by atoms with E-state index >= 15 is 0 Å². The molecule has 9 nitrogen and oxygen atoms in total. The Balaban J connectivity index is 1.44. The van der Waals surface area contributed by atoms with Gasteiger partial charge in [0.2, 0.25) is 10.0 Å². The molecule has 3 aliphatic rings. The minimum atomic E-state index is -3.94. The third-order valence-electron chi connectivity index (χ3n) is 5.96. The van der Waals surface area contributed by atoms with Gasteiger partial charge in [0.25, 0.3) is 5.91 Å². The van der Waals surface area contributed by atoms with Crippen molar-refractivity contribution in [3.05, 3.63) is 18.2 Å². The average molecular weight is 453 g/mol. The van der Waals surface area contributed by atoms with E-state index in [0.29, 0.717) is 37.6 Å². The van der Waals surface area contributed by atoms with Crippen molar-refractivity contribution in [2.75, 3.05) is 19.8 Å². The predicted octanol–water partition coefficient (Wildman–Crippen LogP) is 1.60. The lowest BCUT2D eigenvalue weighted by Crippen LogP contribution is -2.45. The van der Waals surface area contributed by atoms with Crippen molar-refractivity contribution in [1.82, 2.24) is 9.62 Å². The summed E-state index contributed by atoms with van der Waals surface area (Å²) in [6.45, 7) is 2.47. The van der Waals surface area contributed by atoms with E-state index in [2.05, 4.69) is 5.32 Å². The summed E-state index contributed by atoms with van der Waals surface area (Å²) < 4.78 is 43.9. The van der Waals surface area contributed by atoms with Crippen LogP contribution in [0.1, 0.15) is 45.4 Å². The Bertz CT molecular complexity index is 943. The van der Waals surface area contributed by atoms with Gasteiger partial charge in [0.1, 0.15) is 19.3 Å². The summed E-state index contributed by atoms with van der Waals surface area (Å²) >= 11 is 0. The Morgan fingerprint density at radius 3 is 2.55 bits per heavy atom. The molecule has 1 amide bonds. The van der Waals surface area contributed by atoms with Crippen molar-refractivity contribution < 1.29 is 32.2 Å². The molecule has 1 N–H and O–H groups in total. The number of esters is 1. The Morgan fingerprint density at radius 1 is 1.10 bits per heavy atom. The fourth-order valence-corrected chi connectivity index (χ4v) is 5.94. The van der Waals surface area contributed by atoms with Crippen LogP contribution in [-0.2, 0) is 24.3 Å². The normalized spacial score (nSPS) is 22.8. The fraction of sp³-hybridized carbons (Fsp3) is 0.619. The van der Waals surface area contributed by atoms with E-state index in [1.54, 1.807) is 6.07 Å². The summed E-state index contributed by atoms with van der Waals surface area (Å²) in [5.41, 5.74) is 0. The first kappa shape index (κ1) is 21.9. The average Bonchev–Trinajstić information content (AvgIpc) is 3.45. The summed E-state index contributed by atoms with van der Waals surface area (Å²) in [5, 5.41) is 2.90. The third kappa shape index (κ3) is 4.64. The molecule has 1 aromatic rings. The Hall–Kier alpha value is -2.33. The molecule has 31 heavy (non-hydrogen) atoms. The monoisotopic (exact) mass is 452 g/mol. The van der Waals surface area contributed by atoms with Crippen LogP contribution in [0.4, 0.5) is 0 Å². The van der Waals surface area contributed by atoms with Crippen LogP contribution in [0.25, 0.3) is 0 Å². The topological polar surface area (TPSA) is 111 Å². The molecule has 0 aromatic heterocycles. The second-order valence-corrected chi connectivity index (χ2v) is 10.0. The third-order valence-corrected chi connectivity index (χ3v) is 7.86. The smallest absolute Gasteiger partial charge is 0.325 e. The predicted molar refractivity (Wildman–Crippen MR) is 110 cm³/mol. The van der Waals surface area contributed by atoms with Gasteiger partial charge in [-0.25, -0.2) is 8.42 Å². The second kappa shape index (κ2) is 9.04. The lowest BCUT2D eigenvalue weighted by Gasteiger charge is -2.25. The molecule has 1 saturated heterocycles. The maximum absolute atomic E-state index is 13.2. The van der Waals surface area contributed by atoms with E-state index in [-0.39, 0.29) is 23.4 Å². The molecule has 1 saturated carbocycles. The zero-order valence-corrected chi connectivity index (χ0v) is 18.4. The molecule has 0 unspecified atom stereocenters. The number of hydrogen-bond donors (Lipinski definition) is 1. The van der Waals surface area contributed by atoms with E-state index in [9.17, 15) is 18.0 Å². The molecule has 170 valence electrons.